The van der Waals surface area contributed by atoms with Crippen molar-refractivity contribution >= 4 is 11.3 Å². The van der Waals surface area contributed by atoms with Crippen LogP contribution in [-0.2, 0) is 6.42 Å². The van der Waals surface area contributed by atoms with Gasteiger partial charge in [-0.05, 0) is 39.2 Å². The summed E-state index contributed by atoms with van der Waals surface area (Å²) < 4.78 is 0. The summed E-state index contributed by atoms with van der Waals surface area (Å²) in [5.41, 5.74) is 0. The minimum atomic E-state index is 0.445. The number of aromatic nitrogens is 1. The summed E-state index contributed by atoms with van der Waals surface area (Å²) >= 11 is 1.88. The Labute approximate surface area is 127 Å². The number of aryl methyl sites for hydroxylation is 1. The second-order valence-electron chi connectivity index (χ2n) is 5.98. The van der Waals surface area contributed by atoms with Gasteiger partial charge < -0.3 is 5.32 Å². The molecule has 20 heavy (non-hydrogen) atoms. The van der Waals surface area contributed by atoms with Crippen LogP contribution in [-0.4, -0.2) is 35.1 Å². The fourth-order valence-electron chi connectivity index (χ4n) is 3.31. The normalized spacial score (nSPS) is 29.6. The number of hydrogen-bond acceptors (Lipinski definition) is 4. The molecule has 1 saturated heterocycles. The number of hydrogen-bond donors (Lipinski definition) is 1. The molecule has 0 bridgehead atoms. The quantitative estimate of drug-likeness (QED) is 0.901. The molecule has 0 spiro atoms. The summed E-state index contributed by atoms with van der Waals surface area (Å²) in [7, 11) is 0. The van der Waals surface area contributed by atoms with Crippen molar-refractivity contribution in [3.05, 3.63) is 16.1 Å². The van der Waals surface area contributed by atoms with Crippen LogP contribution >= 0.6 is 11.3 Å². The summed E-state index contributed by atoms with van der Waals surface area (Å²) in [6.07, 6.45) is 4.39. The minimum absolute atomic E-state index is 0.445. The molecular weight excluding hydrogens is 266 g/mol. The van der Waals surface area contributed by atoms with E-state index in [1.807, 2.05) is 11.3 Å². The van der Waals surface area contributed by atoms with E-state index in [0.717, 1.165) is 13.0 Å². The number of likely N-dealkylation sites (tertiary alicyclic amines) is 1. The molecule has 0 radical (unpaired) electrons. The van der Waals surface area contributed by atoms with Gasteiger partial charge in [0.25, 0.3) is 0 Å². The first-order chi connectivity index (χ1) is 9.58. The lowest BCUT2D eigenvalue weighted by atomic mass is 9.86. The molecule has 2 rings (SSSR count). The van der Waals surface area contributed by atoms with Gasteiger partial charge in [-0.25, -0.2) is 4.98 Å². The first-order valence-electron chi connectivity index (χ1n) is 8.02. The van der Waals surface area contributed by atoms with Crippen LogP contribution in [0.3, 0.4) is 0 Å². The maximum atomic E-state index is 4.64. The smallest absolute Gasteiger partial charge is 0.110 e. The van der Waals surface area contributed by atoms with Gasteiger partial charge in [0.15, 0.2) is 0 Å². The third-order valence-electron chi connectivity index (χ3n) is 4.86. The molecule has 114 valence electrons. The van der Waals surface area contributed by atoms with Gasteiger partial charge in [-0.2, -0.15) is 0 Å². The van der Waals surface area contributed by atoms with Crippen molar-refractivity contribution in [1.82, 2.24) is 15.2 Å². The van der Waals surface area contributed by atoms with Crippen LogP contribution in [0.5, 0.6) is 0 Å². The molecule has 4 atom stereocenters. The van der Waals surface area contributed by atoms with Gasteiger partial charge in [-0.15, -0.1) is 11.3 Å². The maximum absolute atomic E-state index is 4.64. The third kappa shape index (κ3) is 3.23. The van der Waals surface area contributed by atoms with Crippen LogP contribution in [0.25, 0.3) is 0 Å². The SMILES string of the molecule is CCNC1CCN(C(C)c2ncc(CC)s2)C(C)C1C. The molecular formula is C16H29N3S. The Hall–Kier alpha value is -0.450. The Bertz CT molecular complexity index is 418. The van der Waals surface area contributed by atoms with Crippen molar-refractivity contribution in [1.29, 1.82) is 0 Å². The topological polar surface area (TPSA) is 28.2 Å². The molecule has 1 N–H and O–H groups in total. The Balaban J connectivity index is 2.05. The van der Waals surface area contributed by atoms with Gasteiger partial charge in [0.2, 0.25) is 0 Å². The maximum Gasteiger partial charge on any atom is 0.110 e. The molecule has 0 aromatic carbocycles. The molecule has 1 aliphatic rings. The molecule has 1 aromatic rings. The standard InChI is InChI=1S/C16H29N3S/c1-6-14-10-18-16(20-14)13(5)19-9-8-15(17-7-2)11(3)12(19)4/h10-13,15,17H,6-9H2,1-5H3. The van der Waals surface area contributed by atoms with Crippen molar-refractivity contribution in [3.8, 4) is 0 Å². The molecule has 4 unspecified atom stereocenters. The molecule has 1 fully saturated rings. The van der Waals surface area contributed by atoms with Gasteiger partial charge in [-0.1, -0.05) is 20.8 Å². The second kappa shape index (κ2) is 7.01. The Morgan fingerprint density at radius 1 is 1.45 bits per heavy atom. The highest BCUT2D eigenvalue weighted by Gasteiger charge is 2.35. The van der Waals surface area contributed by atoms with Crippen molar-refractivity contribution in [3.63, 3.8) is 0 Å². The van der Waals surface area contributed by atoms with Crippen LogP contribution in [0.1, 0.15) is 57.0 Å². The van der Waals surface area contributed by atoms with Gasteiger partial charge >= 0.3 is 0 Å². The number of rotatable bonds is 5. The van der Waals surface area contributed by atoms with E-state index in [2.05, 4.69) is 56.0 Å². The van der Waals surface area contributed by atoms with E-state index in [9.17, 15) is 0 Å². The third-order valence-corrected chi connectivity index (χ3v) is 6.17. The van der Waals surface area contributed by atoms with E-state index in [4.69, 9.17) is 0 Å². The summed E-state index contributed by atoms with van der Waals surface area (Å²) in [5, 5.41) is 4.92. The molecule has 1 aliphatic heterocycles. The summed E-state index contributed by atoms with van der Waals surface area (Å²) in [6, 6.07) is 1.72. The molecule has 3 nitrogen and oxygen atoms in total. The van der Waals surface area contributed by atoms with Crippen LogP contribution in [0.15, 0.2) is 6.20 Å². The number of nitrogens with one attached hydrogen (secondary N) is 1. The van der Waals surface area contributed by atoms with E-state index in [-0.39, 0.29) is 0 Å². The predicted octanol–water partition coefficient (Wildman–Crippen LogP) is 3.47. The lowest BCUT2D eigenvalue weighted by Gasteiger charge is -2.45. The highest BCUT2D eigenvalue weighted by molar-refractivity contribution is 7.11. The molecule has 0 aliphatic carbocycles. The highest BCUT2D eigenvalue weighted by Crippen LogP contribution is 2.33. The van der Waals surface area contributed by atoms with Crippen LogP contribution in [0.2, 0.25) is 0 Å². The molecule has 0 saturated carbocycles. The van der Waals surface area contributed by atoms with Crippen LogP contribution in [0, 0.1) is 5.92 Å². The van der Waals surface area contributed by atoms with Crippen molar-refractivity contribution < 1.29 is 0 Å². The fourth-order valence-corrected chi connectivity index (χ4v) is 4.24. The molecule has 2 heterocycles. The molecule has 1 aromatic heterocycles. The average molecular weight is 295 g/mol. The Morgan fingerprint density at radius 2 is 2.20 bits per heavy atom. The van der Waals surface area contributed by atoms with Gasteiger partial charge in [0.1, 0.15) is 5.01 Å². The largest absolute Gasteiger partial charge is 0.314 e. The lowest BCUT2D eigenvalue weighted by Crippen LogP contribution is -2.53. The summed E-state index contributed by atoms with van der Waals surface area (Å²) in [4.78, 5) is 8.67. The van der Waals surface area contributed by atoms with E-state index in [0.29, 0.717) is 24.0 Å². The summed E-state index contributed by atoms with van der Waals surface area (Å²) in [6.45, 7) is 13.7. The first kappa shape index (κ1) is 15.9. The van der Waals surface area contributed by atoms with Gasteiger partial charge in [-0.3, -0.25) is 4.90 Å². The highest BCUT2D eigenvalue weighted by atomic mass is 32.1. The number of thiazole rings is 1. The van der Waals surface area contributed by atoms with Crippen molar-refractivity contribution in [2.24, 2.45) is 5.92 Å². The monoisotopic (exact) mass is 295 g/mol. The first-order valence-corrected chi connectivity index (χ1v) is 8.83. The number of piperidine rings is 1. The van der Waals surface area contributed by atoms with Crippen LogP contribution in [0.4, 0.5) is 0 Å². The molecule has 0 amide bonds. The van der Waals surface area contributed by atoms with Crippen molar-refractivity contribution in [2.75, 3.05) is 13.1 Å². The van der Waals surface area contributed by atoms with Crippen molar-refractivity contribution in [2.45, 2.75) is 65.6 Å². The van der Waals surface area contributed by atoms with E-state index in [1.54, 1.807) is 0 Å². The zero-order chi connectivity index (χ0) is 14.7. The Morgan fingerprint density at radius 3 is 2.80 bits per heavy atom. The minimum Gasteiger partial charge on any atom is -0.314 e. The fraction of sp³-hybridized carbons (Fsp3) is 0.812. The molecule has 4 heteroatoms. The Kier molecular flexibility index (Phi) is 5.58. The average Bonchev–Trinajstić information content (AvgIpc) is 2.92. The zero-order valence-electron chi connectivity index (χ0n) is 13.5. The van der Waals surface area contributed by atoms with Gasteiger partial charge in [0.05, 0.1) is 6.04 Å². The lowest BCUT2D eigenvalue weighted by molar-refractivity contribution is 0.0528. The van der Waals surface area contributed by atoms with E-state index in [1.165, 1.54) is 22.9 Å². The predicted molar refractivity (Wildman–Crippen MR) is 87.3 cm³/mol. The second-order valence-corrected chi connectivity index (χ2v) is 7.13. The summed E-state index contributed by atoms with van der Waals surface area (Å²) in [5.74, 6) is 0.691. The van der Waals surface area contributed by atoms with E-state index >= 15 is 0 Å². The van der Waals surface area contributed by atoms with Gasteiger partial charge in [0, 0.05) is 29.7 Å². The number of nitrogens with zero attached hydrogens (tertiary/aromatic N) is 2. The van der Waals surface area contributed by atoms with Crippen LogP contribution < -0.4 is 5.32 Å². The van der Waals surface area contributed by atoms with E-state index < -0.39 is 0 Å². The zero-order valence-corrected chi connectivity index (χ0v) is 14.3.